The van der Waals surface area contributed by atoms with Crippen molar-refractivity contribution in [2.75, 3.05) is 0 Å². The standard InChI is InChI=1S/C13H13F3N2O3/c1-7(12(20)21)18(9-3-4-9)11(19)8-2-5-10(17-6-8)13(14,15)16/h2,5-7,9H,3-4H2,1H3,(H,20,21). The van der Waals surface area contributed by atoms with E-state index in [2.05, 4.69) is 4.98 Å². The summed E-state index contributed by atoms with van der Waals surface area (Å²) in [6, 6.07) is 0.518. The van der Waals surface area contributed by atoms with Crippen LogP contribution in [0, 0.1) is 0 Å². The molecule has 8 heteroatoms. The Morgan fingerprint density at radius 3 is 2.38 bits per heavy atom. The lowest BCUT2D eigenvalue weighted by Crippen LogP contribution is -2.44. The number of rotatable bonds is 4. The zero-order valence-corrected chi connectivity index (χ0v) is 11.1. The quantitative estimate of drug-likeness (QED) is 0.925. The Labute approximate surface area is 118 Å². The molecule has 0 bridgehead atoms. The van der Waals surface area contributed by atoms with Gasteiger partial charge in [-0.3, -0.25) is 9.78 Å². The first-order chi connectivity index (χ1) is 9.71. The Kier molecular flexibility index (Phi) is 3.89. The van der Waals surface area contributed by atoms with Gasteiger partial charge in [0.25, 0.3) is 5.91 Å². The van der Waals surface area contributed by atoms with E-state index >= 15 is 0 Å². The largest absolute Gasteiger partial charge is 0.480 e. The molecular weight excluding hydrogens is 289 g/mol. The highest BCUT2D eigenvalue weighted by atomic mass is 19.4. The van der Waals surface area contributed by atoms with Crippen LogP contribution in [0.25, 0.3) is 0 Å². The number of hydrogen-bond acceptors (Lipinski definition) is 3. The molecule has 1 N–H and O–H groups in total. The summed E-state index contributed by atoms with van der Waals surface area (Å²) in [6.07, 6.45) is -2.37. The van der Waals surface area contributed by atoms with E-state index in [-0.39, 0.29) is 11.6 Å². The second-order valence-electron chi connectivity index (χ2n) is 4.89. The Bertz CT molecular complexity index is 553. The first-order valence-electron chi connectivity index (χ1n) is 6.30. The van der Waals surface area contributed by atoms with Gasteiger partial charge in [0, 0.05) is 12.2 Å². The van der Waals surface area contributed by atoms with Crippen LogP contribution in [0.15, 0.2) is 18.3 Å². The van der Waals surface area contributed by atoms with Crippen LogP contribution in [-0.4, -0.2) is 39.0 Å². The van der Waals surface area contributed by atoms with Crippen LogP contribution in [0.2, 0.25) is 0 Å². The van der Waals surface area contributed by atoms with Crippen molar-refractivity contribution in [3.05, 3.63) is 29.6 Å². The Morgan fingerprint density at radius 1 is 1.38 bits per heavy atom. The highest BCUT2D eigenvalue weighted by molar-refractivity contribution is 5.96. The predicted octanol–water partition coefficient (Wildman–Crippen LogP) is 2.18. The third-order valence-electron chi connectivity index (χ3n) is 3.25. The van der Waals surface area contributed by atoms with Crippen molar-refractivity contribution >= 4 is 11.9 Å². The van der Waals surface area contributed by atoms with Crippen molar-refractivity contribution in [3.8, 4) is 0 Å². The topological polar surface area (TPSA) is 70.5 Å². The summed E-state index contributed by atoms with van der Waals surface area (Å²) in [5, 5.41) is 9.02. The number of carbonyl (C=O) groups is 2. The average molecular weight is 302 g/mol. The summed E-state index contributed by atoms with van der Waals surface area (Å²) >= 11 is 0. The van der Waals surface area contributed by atoms with E-state index in [0.29, 0.717) is 18.9 Å². The molecule has 0 saturated heterocycles. The van der Waals surface area contributed by atoms with E-state index in [1.807, 2.05) is 0 Å². The van der Waals surface area contributed by atoms with Gasteiger partial charge in [0.15, 0.2) is 0 Å². The smallest absolute Gasteiger partial charge is 0.433 e. The van der Waals surface area contributed by atoms with Gasteiger partial charge < -0.3 is 10.0 Å². The Morgan fingerprint density at radius 2 is 2.00 bits per heavy atom. The van der Waals surface area contributed by atoms with Crippen molar-refractivity contribution in [2.45, 2.75) is 38.0 Å². The van der Waals surface area contributed by atoms with Gasteiger partial charge in [-0.15, -0.1) is 0 Å². The number of hydrogen-bond donors (Lipinski definition) is 1. The number of carbonyl (C=O) groups excluding carboxylic acids is 1. The fourth-order valence-electron chi connectivity index (χ4n) is 1.97. The molecule has 2 rings (SSSR count). The van der Waals surface area contributed by atoms with E-state index in [4.69, 9.17) is 5.11 Å². The molecule has 1 saturated carbocycles. The average Bonchev–Trinajstić information content (AvgIpc) is 3.22. The number of alkyl halides is 3. The van der Waals surface area contributed by atoms with E-state index in [0.717, 1.165) is 12.3 Å². The molecule has 21 heavy (non-hydrogen) atoms. The minimum absolute atomic E-state index is 0.0528. The SMILES string of the molecule is CC(C(=O)O)N(C(=O)c1ccc(C(F)(F)F)nc1)C1CC1. The van der Waals surface area contributed by atoms with E-state index in [1.54, 1.807) is 0 Å². The molecule has 0 aliphatic heterocycles. The molecule has 5 nitrogen and oxygen atoms in total. The number of halogens is 3. The summed E-state index contributed by atoms with van der Waals surface area (Å²) in [4.78, 5) is 27.7. The highest BCUT2D eigenvalue weighted by Crippen LogP contribution is 2.31. The fraction of sp³-hybridized carbons (Fsp3) is 0.462. The third-order valence-corrected chi connectivity index (χ3v) is 3.25. The fourth-order valence-corrected chi connectivity index (χ4v) is 1.97. The van der Waals surface area contributed by atoms with E-state index < -0.39 is 29.8 Å². The maximum absolute atomic E-state index is 12.4. The van der Waals surface area contributed by atoms with Crippen LogP contribution < -0.4 is 0 Å². The minimum atomic E-state index is -4.58. The van der Waals surface area contributed by atoms with Crippen molar-refractivity contribution in [1.82, 2.24) is 9.88 Å². The lowest BCUT2D eigenvalue weighted by Gasteiger charge is -2.26. The molecule has 1 aromatic heterocycles. The molecule has 1 aliphatic rings. The summed E-state index contributed by atoms with van der Waals surface area (Å²) in [7, 11) is 0. The maximum Gasteiger partial charge on any atom is 0.433 e. The van der Waals surface area contributed by atoms with Crippen molar-refractivity contribution < 1.29 is 27.9 Å². The van der Waals surface area contributed by atoms with Crippen LogP contribution in [0.5, 0.6) is 0 Å². The van der Waals surface area contributed by atoms with Crippen molar-refractivity contribution in [2.24, 2.45) is 0 Å². The van der Waals surface area contributed by atoms with Crippen LogP contribution in [0.1, 0.15) is 35.8 Å². The van der Waals surface area contributed by atoms with Crippen LogP contribution in [-0.2, 0) is 11.0 Å². The summed E-state index contributed by atoms with van der Waals surface area (Å²) in [5.41, 5.74) is -1.15. The molecule has 1 amide bonds. The monoisotopic (exact) mass is 302 g/mol. The van der Waals surface area contributed by atoms with Gasteiger partial charge in [-0.2, -0.15) is 13.2 Å². The molecular formula is C13H13F3N2O3. The number of amides is 1. The maximum atomic E-state index is 12.4. The number of carboxylic acids is 1. The first-order valence-corrected chi connectivity index (χ1v) is 6.30. The number of aromatic nitrogens is 1. The Hall–Kier alpha value is -2.12. The molecule has 0 aromatic carbocycles. The lowest BCUT2D eigenvalue weighted by atomic mass is 10.2. The third kappa shape index (κ3) is 3.32. The van der Waals surface area contributed by atoms with Gasteiger partial charge in [0.2, 0.25) is 0 Å². The van der Waals surface area contributed by atoms with Gasteiger partial charge >= 0.3 is 12.1 Å². The van der Waals surface area contributed by atoms with Gasteiger partial charge in [-0.25, -0.2) is 4.79 Å². The molecule has 1 aromatic rings. The van der Waals surface area contributed by atoms with Gasteiger partial charge in [0.05, 0.1) is 5.56 Å². The zero-order chi connectivity index (χ0) is 15.8. The van der Waals surface area contributed by atoms with Gasteiger partial charge in [-0.1, -0.05) is 0 Å². The molecule has 1 aliphatic carbocycles. The van der Waals surface area contributed by atoms with Crippen LogP contribution in [0.4, 0.5) is 13.2 Å². The van der Waals surface area contributed by atoms with Crippen molar-refractivity contribution in [1.29, 1.82) is 0 Å². The van der Waals surface area contributed by atoms with Gasteiger partial charge in [0.1, 0.15) is 11.7 Å². The minimum Gasteiger partial charge on any atom is -0.480 e. The molecule has 1 heterocycles. The molecule has 1 fully saturated rings. The summed E-state index contributed by atoms with van der Waals surface area (Å²) < 4.78 is 37.2. The predicted molar refractivity (Wildman–Crippen MR) is 65.5 cm³/mol. The first kappa shape index (κ1) is 15.3. The van der Waals surface area contributed by atoms with E-state index in [9.17, 15) is 22.8 Å². The number of carboxylic acid groups (broad SMARTS) is 1. The number of pyridine rings is 1. The van der Waals surface area contributed by atoms with Crippen LogP contribution >= 0.6 is 0 Å². The van der Waals surface area contributed by atoms with Crippen molar-refractivity contribution in [3.63, 3.8) is 0 Å². The molecule has 0 radical (unpaired) electrons. The molecule has 0 spiro atoms. The normalized spacial score (nSPS) is 16.4. The highest BCUT2D eigenvalue weighted by Gasteiger charge is 2.39. The second kappa shape index (κ2) is 5.34. The lowest BCUT2D eigenvalue weighted by molar-refractivity contribution is -0.142. The number of aliphatic carboxylic acids is 1. The van der Waals surface area contributed by atoms with E-state index in [1.165, 1.54) is 11.8 Å². The van der Waals surface area contributed by atoms with Crippen LogP contribution in [0.3, 0.4) is 0 Å². The molecule has 1 unspecified atom stereocenters. The second-order valence-corrected chi connectivity index (χ2v) is 4.89. The summed E-state index contributed by atoms with van der Waals surface area (Å²) in [5.74, 6) is -1.77. The molecule has 114 valence electrons. The summed E-state index contributed by atoms with van der Waals surface area (Å²) in [6.45, 7) is 1.37. The number of nitrogens with zero attached hydrogens (tertiary/aromatic N) is 2. The van der Waals surface area contributed by atoms with Gasteiger partial charge in [-0.05, 0) is 31.9 Å². The Balaban J connectivity index is 2.23. The zero-order valence-electron chi connectivity index (χ0n) is 11.1. The molecule has 1 atom stereocenters.